The molecule has 64 valence electrons. The Balaban J connectivity index is 2.53. The maximum Gasteiger partial charge on any atom is 0.209 e. The van der Waals surface area contributed by atoms with Crippen molar-refractivity contribution in [2.45, 2.75) is 18.5 Å². The Hall–Kier alpha value is -1.22. The minimum atomic E-state index is 0.497. The normalized spacial score (nSPS) is 9.67. The molecule has 6 heteroatoms. The van der Waals surface area contributed by atoms with E-state index in [9.17, 15) is 0 Å². The van der Waals surface area contributed by atoms with Crippen molar-refractivity contribution in [2.75, 3.05) is 11.6 Å². The lowest BCUT2D eigenvalue weighted by molar-refractivity contribution is 0.825. The van der Waals surface area contributed by atoms with Gasteiger partial charge in [-0.1, -0.05) is 11.8 Å². The van der Waals surface area contributed by atoms with Gasteiger partial charge >= 0.3 is 0 Å². The summed E-state index contributed by atoms with van der Waals surface area (Å²) < 4.78 is 1.42. The highest BCUT2D eigenvalue weighted by molar-refractivity contribution is 7.99. The first kappa shape index (κ1) is 8.87. The molecule has 0 unspecified atom stereocenters. The van der Waals surface area contributed by atoms with Crippen molar-refractivity contribution < 1.29 is 0 Å². The number of hydrogen-bond donors (Lipinski definition) is 1. The molecule has 0 fully saturated rings. The first-order valence-electron chi connectivity index (χ1n) is 3.42. The lowest BCUT2D eigenvalue weighted by atomic mass is 10.6. The van der Waals surface area contributed by atoms with Gasteiger partial charge in [0.15, 0.2) is 0 Å². The van der Waals surface area contributed by atoms with E-state index in [-0.39, 0.29) is 0 Å². The summed E-state index contributed by atoms with van der Waals surface area (Å²) >= 11 is 1.43. The van der Waals surface area contributed by atoms with Crippen LogP contribution in [0.15, 0.2) is 5.16 Å². The lowest BCUT2D eigenvalue weighted by Gasteiger charge is -1.97. The van der Waals surface area contributed by atoms with Crippen LogP contribution in [0.2, 0.25) is 0 Å². The summed E-state index contributed by atoms with van der Waals surface area (Å²) in [4.78, 5) is 0. The van der Waals surface area contributed by atoms with Gasteiger partial charge in [0.2, 0.25) is 5.16 Å². The number of thioether (sulfide) groups is 1. The third kappa shape index (κ3) is 1.89. The van der Waals surface area contributed by atoms with Crippen LogP contribution in [-0.2, 0) is 0 Å². The molecule has 2 N–H and O–H groups in total. The summed E-state index contributed by atoms with van der Waals surface area (Å²) in [6.07, 6.45) is 0.497. The van der Waals surface area contributed by atoms with E-state index in [1.54, 1.807) is 6.92 Å². The van der Waals surface area contributed by atoms with Crippen LogP contribution in [-0.4, -0.2) is 20.6 Å². The van der Waals surface area contributed by atoms with Gasteiger partial charge in [-0.15, -0.1) is 10.2 Å². The molecule has 0 bridgehead atoms. The van der Waals surface area contributed by atoms with Crippen LogP contribution in [0.25, 0.3) is 0 Å². The molecule has 0 spiro atoms. The smallest absolute Gasteiger partial charge is 0.209 e. The van der Waals surface area contributed by atoms with E-state index in [2.05, 4.69) is 10.2 Å². The molecular formula is C6H9N5S. The van der Waals surface area contributed by atoms with Gasteiger partial charge in [0.05, 0.1) is 6.07 Å². The number of aryl methyl sites for hydroxylation is 1. The monoisotopic (exact) mass is 183 g/mol. The number of hydrogen-bond acceptors (Lipinski definition) is 5. The summed E-state index contributed by atoms with van der Waals surface area (Å²) in [7, 11) is 0. The second-order valence-corrected chi connectivity index (χ2v) is 3.22. The highest BCUT2D eigenvalue weighted by Crippen LogP contribution is 2.14. The van der Waals surface area contributed by atoms with E-state index in [1.165, 1.54) is 16.4 Å². The van der Waals surface area contributed by atoms with Gasteiger partial charge in [0.25, 0.3) is 0 Å². The Bertz CT molecular complexity index is 299. The fraction of sp³-hybridized carbons (Fsp3) is 0.500. The predicted molar refractivity (Wildman–Crippen MR) is 45.9 cm³/mol. The molecule has 1 heterocycles. The van der Waals surface area contributed by atoms with Gasteiger partial charge in [-0.25, -0.2) is 4.68 Å². The van der Waals surface area contributed by atoms with E-state index in [1.807, 2.05) is 6.07 Å². The molecular weight excluding hydrogens is 174 g/mol. The van der Waals surface area contributed by atoms with Crippen LogP contribution in [0, 0.1) is 18.3 Å². The minimum Gasteiger partial charge on any atom is -0.336 e. The molecule has 0 amide bonds. The van der Waals surface area contributed by atoms with Crippen LogP contribution in [0.4, 0.5) is 0 Å². The van der Waals surface area contributed by atoms with Crippen molar-refractivity contribution in [3.63, 3.8) is 0 Å². The van der Waals surface area contributed by atoms with Crippen LogP contribution >= 0.6 is 11.8 Å². The molecule has 0 saturated carbocycles. The third-order valence-electron chi connectivity index (χ3n) is 1.28. The van der Waals surface area contributed by atoms with Crippen LogP contribution in [0.3, 0.4) is 0 Å². The number of rotatable bonds is 3. The van der Waals surface area contributed by atoms with Gasteiger partial charge in [-0.2, -0.15) is 5.26 Å². The molecule has 0 radical (unpaired) electrons. The standard InChI is InChI=1S/C6H9N5S/c1-5-9-10-6(11(5)8)12-4-2-3-7/h2,4,8H2,1H3. The van der Waals surface area contributed by atoms with E-state index < -0.39 is 0 Å². The number of nitriles is 1. The molecule has 0 aliphatic heterocycles. The molecule has 1 aromatic rings. The lowest BCUT2D eigenvalue weighted by Crippen LogP contribution is -2.11. The zero-order valence-electron chi connectivity index (χ0n) is 6.69. The van der Waals surface area contributed by atoms with Crippen LogP contribution in [0.1, 0.15) is 12.2 Å². The second-order valence-electron chi connectivity index (χ2n) is 2.16. The quantitative estimate of drug-likeness (QED) is 0.414. The van der Waals surface area contributed by atoms with Gasteiger partial charge in [-0.3, -0.25) is 0 Å². The van der Waals surface area contributed by atoms with E-state index in [0.717, 1.165) is 0 Å². The average Bonchev–Trinajstić information content (AvgIpc) is 2.36. The molecule has 12 heavy (non-hydrogen) atoms. The summed E-state index contributed by atoms with van der Waals surface area (Å²) in [6.45, 7) is 1.78. The van der Waals surface area contributed by atoms with Crippen LogP contribution in [0.5, 0.6) is 0 Å². The Morgan fingerprint density at radius 1 is 1.67 bits per heavy atom. The zero-order chi connectivity index (χ0) is 8.97. The molecule has 0 aliphatic rings. The number of aromatic nitrogens is 3. The number of nitrogen functional groups attached to an aromatic ring is 1. The Morgan fingerprint density at radius 2 is 2.42 bits per heavy atom. The zero-order valence-corrected chi connectivity index (χ0v) is 7.51. The van der Waals surface area contributed by atoms with Gasteiger partial charge in [0, 0.05) is 12.2 Å². The molecule has 0 aliphatic carbocycles. The summed E-state index contributed by atoms with van der Waals surface area (Å²) in [5, 5.41) is 16.5. The SMILES string of the molecule is Cc1nnc(SCCC#N)n1N. The molecule has 0 aromatic carbocycles. The highest BCUT2D eigenvalue weighted by Gasteiger charge is 2.04. The molecule has 1 rings (SSSR count). The van der Waals surface area contributed by atoms with Gasteiger partial charge in [-0.05, 0) is 6.92 Å². The molecule has 0 saturated heterocycles. The Labute approximate surface area is 74.5 Å². The maximum atomic E-state index is 8.28. The van der Waals surface area contributed by atoms with E-state index >= 15 is 0 Å². The van der Waals surface area contributed by atoms with Crippen molar-refractivity contribution in [3.05, 3.63) is 5.82 Å². The highest BCUT2D eigenvalue weighted by atomic mass is 32.2. The van der Waals surface area contributed by atoms with E-state index in [0.29, 0.717) is 23.2 Å². The Kier molecular flexibility index (Phi) is 2.94. The van der Waals surface area contributed by atoms with Crippen LogP contribution < -0.4 is 5.84 Å². The summed E-state index contributed by atoms with van der Waals surface area (Å²) in [5.74, 6) is 6.95. The fourth-order valence-corrected chi connectivity index (χ4v) is 1.38. The summed E-state index contributed by atoms with van der Waals surface area (Å²) in [5.41, 5.74) is 0. The van der Waals surface area contributed by atoms with Crippen molar-refractivity contribution in [1.29, 1.82) is 5.26 Å². The first-order valence-corrected chi connectivity index (χ1v) is 4.41. The molecule has 0 atom stereocenters. The molecule has 5 nitrogen and oxygen atoms in total. The third-order valence-corrected chi connectivity index (χ3v) is 2.22. The van der Waals surface area contributed by atoms with Gasteiger partial charge < -0.3 is 5.84 Å². The molecule has 1 aromatic heterocycles. The first-order chi connectivity index (χ1) is 5.75. The maximum absolute atomic E-state index is 8.28. The van der Waals surface area contributed by atoms with Crippen molar-refractivity contribution in [2.24, 2.45) is 0 Å². The van der Waals surface area contributed by atoms with Gasteiger partial charge in [0.1, 0.15) is 5.82 Å². The van der Waals surface area contributed by atoms with E-state index in [4.69, 9.17) is 11.1 Å². The van der Waals surface area contributed by atoms with Crippen molar-refractivity contribution in [3.8, 4) is 6.07 Å². The summed E-state index contributed by atoms with van der Waals surface area (Å²) in [6, 6.07) is 2.05. The number of nitrogens with zero attached hydrogens (tertiary/aromatic N) is 4. The largest absolute Gasteiger partial charge is 0.336 e. The second kappa shape index (κ2) is 3.97. The number of nitrogens with two attached hydrogens (primary N) is 1. The predicted octanol–water partition coefficient (Wildman–Crippen LogP) is 0.306. The van der Waals surface area contributed by atoms with Crippen molar-refractivity contribution >= 4 is 11.8 Å². The average molecular weight is 183 g/mol. The minimum absolute atomic E-state index is 0.497. The topological polar surface area (TPSA) is 80.5 Å². The van der Waals surface area contributed by atoms with Crippen molar-refractivity contribution in [1.82, 2.24) is 14.9 Å². The Morgan fingerprint density at radius 3 is 2.92 bits per heavy atom. The fourth-order valence-electron chi connectivity index (χ4n) is 0.636.